The van der Waals surface area contributed by atoms with Crippen LogP contribution in [0, 0.1) is 12.7 Å². The van der Waals surface area contributed by atoms with E-state index in [1.54, 1.807) is 12.1 Å². The predicted octanol–water partition coefficient (Wildman–Crippen LogP) is 3.37. The van der Waals surface area contributed by atoms with Gasteiger partial charge in [-0.15, -0.1) is 0 Å². The van der Waals surface area contributed by atoms with Crippen LogP contribution in [-0.4, -0.2) is 34.2 Å². The van der Waals surface area contributed by atoms with E-state index in [9.17, 15) is 9.18 Å². The van der Waals surface area contributed by atoms with Crippen LogP contribution in [-0.2, 0) is 11.3 Å². The highest BCUT2D eigenvalue weighted by molar-refractivity contribution is 5.91. The molecule has 2 rings (SSSR count). The van der Waals surface area contributed by atoms with E-state index >= 15 is 0 Å². The Morgan fingerprint density at radius 2 is 2.04 bits per heavy atom. The number of nitrogens with one attached hydrogen (secondary N) is 1. The molecule has 0 saturated carbocycles. The SMILES string of the molecule is CCC(C)n1nc(C)cc1NC(=O)CN(C)Cc1ccc(F)cc1. The first-order valence-electron chi connectivity index (χ1n) is 8.18. The van der Waals surface area contributed by atoms with Crippen LogP contribution in [0.25, 0.3) is 0 Å². The van der Waals surface area contributed by atoms with Crippen LogP contribution in [0.4, 0.5) is 10.2 Å². The number of likely N-dealkylation sites (N-methyl/N-ethyl adjacent to an activating group) is 1. The third-order valence-electron chi connectivity index (χ3n) is 3.91. The molecule has 1 unspecified atom stereocenters. The van der Waals surface area contributed by atoms with Crippen molar-refractivity contribution >= 4 is 11.7 Å². The molecule has 0 radical (unpaired) electrons. The first-order valence-corrected chi connectivity index (χ1v) is 8.18. The minimum Gasteiger partial charge on any atom is -0.310 e. The van der Waals surface area contributed by atoms with Gasteiger partial charge in [0.1, 0.15) is 11.6 Å². The van der Waals surface area contributed by atoms with Gasteiger partial charge in [0.15, 0.2) is 0 Å². The summed E-state index contributed by atoms with van der Waals surface area (Å²) in [6, 6.07) is 8.42. The Bertz CT molecular complexity index is 681. The Hall–Kier alpha value is -2.21. The number of nitrogens with zero attached hydrogens (tertiary/aromatic N) is 3. The molecule has 1 aromatic heterocycles. The van der Waals surface area contributed by atoms with Crippen LogP contribution < -0.4 is 5.32 Å². The zero-order valence-electron chi connectivity index (χ0n) is 14.7. The molecule has 1 aromatic carbocycles. The highest BCUT2D eigenvalue weighted by Crippen LogP contribution is 2.18. The molecule has 5 nitrogen and oxygen atoms in total. The summed E-state index contributed by atoms with van der Waals surface area (Å²) in [7, 11) is 1.86. The lowest BCUT2D eigenvalue weighted by Crippen LogP contribution is -2.30. The first kappa shape index (κ1) is 18.1. The van der Waals surface area contributed by atoms with Gasteiger partial charge in [-0.25, -0.2) is 9.07 Å². The van der Waals surface area contributed by atoms with E-state index in [2.05, 4.69) is 24.3 Å². The molecule has 1 heterocycles. The number of halogens is 1. The van der Waals surface area contributed by atoms with E-state index in [0.29, 0.717) is 6.54 Å². The fourth-order valence-corrected chi connectivity index (χ4v) is 2.50. The van der Waals surface area contributed by atoms with E-state index in [4.69, 9.17) is 0 Å². The van der Waals surface area contributed by atoms with Crippen LogP contribution in [0.2, 0.25) is 0 Å². The Morgan fingerprint density at radius 3 is 2.67 bits per heavy atom. The summed E-state index contributed by atoms with van der Waals surface area (Å²) in [6.45, 7) is 6.90. The maximum atomic E-state index is 12.9. The van der Waals surface area contributed by atoms with Crippen molar-refractivity contribution in [3.05, 3.63) is 47.4 Å². The second kappa shape index (κ2) is 8.06. The Labute approximate surface area is 142 Å². The second-order valence-electron chi connectivity index (χ2n) is 6.22. The lowest BCUT2D eigenvalue weighted by atomic mass is 10.2. The zero-order chi connectivity index (χ0) is 17.7. The summed E-state index contributed by atoms with van der Waals surface area (Å²) in [5.41, 5.74) is 1.84. The summed E-state index contributed by atoms with van der Waals surface area (Å²) in [6.07, 6.45) is 0.939. The van der Waals surface area contributed by atoms with Crippen LogP contribution in [0.5, 0.6) is 0 Å². The summed E-state index contributed by atoms with van der Waals surface area (Å²) in [4.78, 5) is 14.2. The number of aromatic nitrogens is 2. The molecule has 2 aromatic rings. The number of hydrogen-bond donors (Lipinski definition) is 1. The van der Waals surface area contributed by atoms with Crippen molar-refractivity contribution in [2.24, 2.45) is 0 Å². The van der Waals surface area contributed by atoms with E-state index < -0.39 is 0 Å². The Balaban J connectivity index is 1.94. The highest BCUT2D eigenvalue weighted by atomic mass is 19.1. The normalized spacial score (nSPS) is 12.4. The minimum atomic E-state index is -0.257. The molecule has 6 heteroatoms. The molecule has 0 aliphatic carbocycles. The number of carbonyl (C=O) groups is 1. The molecule has 0 fully saturated rings. The van der Waals surface area contributed by atoms with Crippen molar-refractivity contribution in [1.29, 1.82) is 0 Å². The molecule has 0 bridgehead atoms. The number of carbonyl (C=O) groups excluding carboxylic acids is 1. The van der Waals surface area contributed by atoms with Gasteiger partial charge in [-0.05, 0) is 45.0 Å². The van der Waals surface area contributed by atoms with Gasteiger partial charge in [0, 0.05) is 12.6 Å². The molecule has 0 aliphatic rings. The molecule has 0 aliphatic heterocycles. The van der Waals surface area contributed by atoms with Gasteiger partial charge < -0.3 is 5.32 Å². The molecule has 1 amide bonds. The summed E-state index contributed by atoms with van der Waals surface area (Å²) in [5, 5.41) is 7.37. The standard InChI is InChI=1S/C18H25FN4O/c1-5-14(3)23-17(10-13(2)21-23)20-18(24)12-22(4)11-15-6-8-16(19)9-7-15/h6-10,14H,5,11-12H2,1-4H3,(H,20,24). The van der Waals surface area contributed by atoms with Crippen molar-refractivity contribution in [3.8, 4) is 0 Å². The number of benzene rings is 1. The number of amides is 1. The van der Waals surface area contributed by atoms with Gasteiger partial charge in [-0.1, -0.05) is 19.1 Å². The third-order valence-corrected chi connectivity index (χ3v) is 3.91. The van der Waals surface area contributed by atoms with E-state index in [1.807, 2.05) is 29.6 Å². The van der Waals surface area contributed by atoms with Crippen molar-refractivity contribution in [1.82, 2.24) is 14.7 Å². The Kier molecular flexibility index (Phi) is 6.09. The number of aryl methyl sites for hydroxylation is 1. The summed E-state index contributed by atoms with van der Waals surface area (Å²) in [5.74, 6) is 0.374. The molecular weight excluding hydrogens is 307 g/mol. The van der Waals surface area contributed by atoms with Gasteiger partial charge in [0.2, 0.25) is 5.91 Å². The molecule has 0 spiro atoms. The third kappa shape index (κ3) is 4.89. The zero-order valence-corrected chi connectivity index (χ0v) is 14.7. The quantitative estimate of drug-likeness (QED) is 0.846. The fraction of sp³-hybridized carbons (Fsp3) is 0.444. The van der Waals surface area contributed by atoms with Crippen molar-refractivity contribution in [2.45, 2.75) is 39.8 Å². The molecular formula is C18H25FN4O. The maximum Gasteiger partial charge on any atom is 0.239 e. The number of rotatable bonds is 7. The molecule has 24 heavy (non-hydrogen) atoms. The average molecular weight is 332 g/mol. The van der Waals surface area contributed by atoms with Crippen molar-refractivity contribution < 1.29 is 9.18 Å². The largest absolute Gasteiger partial charge is 0.310 e. The molecule has 1 atom stereocenters. The maximum absolute atomic E-state index is 12.9. The topological polar surface area (TPSA) is 50.2 Å². The van der Waals surface area contributed by atoms with Gasteiger partial charge in [0.25, 0.3) is 0 Å². The van der Waals surface area contributed by atoms with E-state index in [0.717, 1.165) is 23.5 Å². The van der Waals surface area contributed by atoms with Crippen LogP contribution in [0.15, 0.2) is 30.3 Å². The van der Waals surface area contributed by atoms with Crippen LogP contribution in [0.1, 0.15) is 37.6 Å². The van der Waals surface area contributed by atoms with Crippen LogP contribution in [0.3, 0.4) is 0 Å². The van der Waals surface area contributed by atoms with Gasteiger partial charge in [-0.3, -0.25) is 9.69 Å². The average Bonchev–Trinajstić information content (AvgIpc) is 2.89. The highest BCUT2D eigenvalue weighted by Gasteiger charge is 2.14. The van der Waals surface area contributed by atoms with Gasteiger partial charge >= 0.3 is 0 Å². The Morgan fingerprint density at radius 1 is 1.38 bits per heavy atom. The monoisotopic (exact) mass is 332 g/mol. The molecule has 1 N–H and O–H groups in total. The van der Waals surface area contributed by atoms with Gasteiger partial charge in [-0.2, -0.15) is 5.10 Å². The number of anilines is 1. The van der Waals surface area contributed by atoms with Crippen molar-refractivity contribution in [3.63, 3.8) is 0 Å². The smallest absolute Gasteiger partial charge is 0.239 e. The fourth-order valence-electron chi connectivity index (χ4n) is 2.50. The van der Waals surface area contributed by atoms with E-state index in [1.165, 1.54) is 12.1 Å². The lowest BCUT2D eigenvalue weighted by molar-refractivity contribution is -0.117. The number of hydrogen-bond acceptors (Lipinski definition) is 3. The van der Waals surface area contributed by atoms with Crippen molar-refractivity contribution in [2.75, 3.05) is 18.9 Å². The molecule has 130 valence electrons. The van der Waals surface area contributed by atoms with E-state index in [-0.39, 0.29) is 24.3 Å². The first-order chi connectivity index (χ1) is 11.4. The summed E-state index contributed by atoms with van der Waals surface area (Å²) >= 11 is 0. The lowest BCUT2D eigenvalue weighted by Gasteiger charge is -2.18. The molecule has 0 saturated heterocycles. The minimum absolute atomic E-state index is 0.0935. The van der Waals surface area contributed by atoms with Gasteiger partial charge in [0.05, 0.1) is 18.3 Å². The predicted molar refractivity (Wildman–Crippen MR) is 93.3 cm³/mol. The van der Waals surface area contributed by atoms with Crippen LogP contribution >= 0.6 is 0 Å². The second-order valence-corrected chi connectivity index (χ2v) is 6.22. The summed E-state index contributed by atoms with van der Waals surface area (Å²) < 4.78 is 14.8.